The SMILES string of the molecule is CC(C)C(C)P(=O)(OC(C)(C)C)SCCC#N. The van der Waals surface area contributed by atoms with Crippen LogP contribution in [0.1, 0.15) is 48.0 Å². The Bertz CT molecular complexity index is 317. The smallest absolute Gasteiger partial charge is 0.261 e. The molecule has 0 heterocycles. The van der Waals surface area contributed by atoms with Gasteiger partial charge in [0.2, 0.25) is 0 Å². The second-order valence-corrected chi connectivity index (χ2v) is 10.5. The van der Waals surface area contributed by atoms with Crippen molar-refractivity contribution in [2.45, 2.75) is 59.2 Å². The third-order valence-electron chi connectivity index (χ3n) is 2.35. The molecule has 0 aliphatic carbocycles. The molecule has 0 aliphatic rings. The molecule has 5 heteroatoms. The highest BCUT2D eigenvalue weighted by Gasteiger charge is 2.37. The lowest BCUT2D eigenvalue weighted by Crippen LogP contribution is -2.22. The van der Waals surface area contributed by atoms with E-state index in [2.05, 4.69) is 6.07 Å². The van der Waals surface area contributed by atoms with E-state index in [1.807, 2.05) is 41.5 Å². The molecule has 0 fully saturated rings. The number of nitrogens with zero attached hydrogens (tertiary/aromatic N) is 1. The van der Waals surface area contributed by atoms with Gasteiger partial charge in [-0.15, -0.1) is 0 Å². The average molecular weight is 277 g/mol. The highest BCUT2D eigenvalue weighted by Crippen LogP contribution is 2.66. The summed E-state index contributed by atoms with van der Waals surface area (Å²) in [5, 5.41) is 8.55. The molecular formula is C12H24NO2PS. The minimum atomic E-state index is -2.75. The Morgan fingerprint density at radius 3 is 2.24 bits per heavy atom. The van der Waals surface area contributed by atoms with Crippen LogP contribution >= 0.6 is 18.0 Å². The maximum absolute atomic E-state index is 12.9. The molecule has 0 radical (unpaired) electrons. The minimum Gasteiger partial charge on any atom is -0.315 e. The van der Waals surface area contributed by atoms with Crippen molar-refractivity contribution in [1.82, 2.24) is 0 Å². The topological polar surface area (TPSA) is 50.1 Å². The van der Waals surface area contributed by atoms with E-state index in [4.69, 9.17) is 9.79 Å². The van der Waals surface area contributed by atoms with E-state index in [1.165, 1.54) is 11.4 Å². The van der Waals surface area contributed by atoms with Gasteiger partial charge in [-0.2, -0.15) is 5.26 Å². The van der Waals surface area contributed by atoms with Crippen LogP contribution in [0.4, 0.5) is 0 Å². The standard InChI is InChI=1S/C12H24NO2PS/c1-10(2)11(3)16(14,15-12(4,5)6)17-9-7-8-13/h10-11H,7,9H2,1-6H3. The Hall–Kier alpha value is 0.0300. The number of nitriles is 1. The lowest BCUT2D eigenvalue weighted by molar-refractivity contribution is 0.137. The molecule has 0 rings (SSSR count). The maximum atomic E-state index is 12.9. The van der Waals surface area contributed by atoms with Crippen LogP contribution in [-0.2, 0) is 9.09 Å². The highest BCUT2D eigenvalue weighted by molar-refractivity contribution is 8.56. The number of hydrogen-bond donors (Lipinski definition) is 0. The van der Waals surface area contributed by atoms with Crippen molar-refractivity contribution in [3.05, 3.63) is 0 Å². The van der Waals surface area contributed by atoms with Gasteiger partial charge >= 0.3 is 0 Å². The first-order valence-electron chi connectivity index (χ1n) is 5.94. The van der Waals surface area contributed by atoms with Crippen LogP contribution in [0.2, 0.25) is 0 Å². The summed E-state index contributed by atoms with van der Waals surface area (Å²) in [7, 11) is 0. The zero-order chi connectivity index (χ0) is 13.7. The van der Waals surface area contributed by atoms with Gasteiger partial charge in [0.1, 0.15) is 0 Å². The zero-order valence-corrected chi connectivity index (χ0v) is 13.4. The Morgan fingerprint density at radius 2 is 1.88 bits per heavy atom. The fourth-order valence-corrected chi connectivity index (χ4v) is 6.88. The summed E-state index contributed by atoms with van der Waals surface area (Å²) in [5.74, 6) is 0.874. The van der Waals surface area contributed by atoms with Gasteiger partial charge in [-0.25, -0.2) is 0 Å². The van der Waals surface area contributed by atoms with Crippen LogP contribution in [0.25, 0.3) is 0 Å². The van der Waals surface area contributed by atoms with Gasteiger partial charge in [-0.05, 0) is 26.7 Å². The van der Waals surface area contributed by atoms with Crippen LogP contribution in [0.15, 0.2) is 0 Å². The molecule has 0 spiro atoms. The Labute approximate surface area is 110 Å². The predicted molar refractivity (Wildman–Crippen MR) is 75.4 cm³/mol. The molecule has 2 unspecified atom stereocenters. The summed E-state index contributed by atoms with van der Waals surface area (Å²) in [6.07, 6.45) is 0.410. The molecule has 0 saturated carbocycles. The lowest BCUT2D eigenvalue weighted by atomic mass is 10.2. The molecule has 3 nitrogen and oxygen atoms in total. The summed E-state index contributed by atoms with van der Waals surface area (Å²) in [5.41, 5.74) is -0.413. The van der Waals surface area contributed by atoms with E-state index in [-0.39, 0.29) is 5.66 Å². The largest absolute Gasteiger partial charge is 0.315 e. The van der Waals surface area contributed by atoms with Crippen molar-refractivity contribution < 1.29 is 9.09 Å². The minimum absolute atomic E-state index is 0.00502. The molecule has 17 heavy (non-hydrogen) atoms. The lowest BCUT2D eigenvalue weighted by Gasteiger charge is -2.32. The molecule has 2 atom stereocenters. The first kappa shape index (κ1) is 17.0. The van der Waals surface area contributed by atoms with E-state index in [0.717, 1.165) is 0 Å². The van der Waals surface area contributed by atoms with Crippen molar-refractivity contribution in [2.75, 3.05) is 5.75 Å². The van der Waals surface area contributed by atoms with E-state index < -0.39 is 12.2 Å². The molecule has 0 aromatic heterocycles. The third kappa shape index (κ3) is 6.50. The van der Waals surface area contributed by atoms with Gasteiger partial charge in [0.15, 0.2) is 0 Å². The molecule has 0 aliphatic heterocycles. The van der Waals surface area contributed by atoms with Crippen LogP contribution in [0.3, 0.4) is 0 Å². The first-order chi connectivity index (χ1) is 7.62. The Balaban J connectivity index is 4.82. The Kier molecular flexibility index (Phi) is 6.84. The summed E-state index contributed by atoms with van der Waals surface area (Å²) in [4.78, 5) is 0. The Morgan fingerprint density at radius 1 is 1.35 bits per heavy atom. The highest BCUT2D eigenvalue weighted by atomic mass is 32.7. The van der Waals surface area contributed by atoms with Gasteiger partial charge in [0, 0.05) is 17.8 Å². The van der Waals surface area contributed by atoms with Gasteiger partial charge < -0.3 is 4.52 Å². The molecule has 100 valence electrons. The van der Waals surface area contributed by atoms with Crippen molar-refractivity contribution in [2.24, 2.45) is 5.92 Å². The van der Waals surface area contributed by atoms with Crippen molar-refractivity contribution in [3.63, 3.8) is 0 Å². The van der Waals surface area contributed by atoms with Crippen LogP contribution in [0, 0.1) is 17.2 Å². The molecule has 0 saturated heterocycles. The first-order valence-corrected chi connectivity index (χ1v) is 9.23. The van der Waals surface area contributed by atoms with Gasteiger partial charge in [0.05, 0.1) is 11.7 Å². The van der Waals surface area contributed by atoms with Gasteiger partial charge in [-0.1, -0.05) is 32.2 Å². The maximum Gasteiger partial charge on any atom is 0.261 e. The van der Waals surface area contributed by atoms with Crippen LogP contribution in [-0.4, -0.2) is 17.0 Å². The van der Waals surface area contributed by atoms with E-state index in [0.29, 0.717) is 18.1 Å². The normalized spacial score (nSPS) is 17.5. The molecule has 0 amide bonds. The predicted octanol–water partition coefficient (Wildman–Crippen LogP) is 4.69. The second-order valence-electron chi connectivity index (χ2n) is 5.47. The zero-order valence-electron chi connectivity index (χ0n) is 11.7. The average Bonchev–Trinajstić information content (AvgIpc) is 2.14. The van der Waals surface area contributed by atoms with Crippen molar-refractivity contribution in [3.8, 4) is 6.07 Å². The number of hydrogen-bond acceptors (Lipinski definition) is 4. The molecule has 0 N–H and O–H groups in total. The van der Waals surface area contributed by atoms with E-state index >= 15 is 0 Å². The van der Waals surface area contributed by atoms with Crippen molar-refractivity contribution >= 4 is 18.0 Å². The monoisotopic (exact) mass is 277 g/mol. The summed E-state index contributed by atoms with van der Waals surface area (Å²) >= 11 is 1.32. The fourth-order valence-electron chi connectivity index (χ4n) is 1.19. The second kappa shape index (κ2) is 6.83. The van der Waals surface area contributed by atoms with Crippen molar-refractivity contribution in [1.29, 1.82) is 5.26 Å². The van der Waals surface area contributed by atoms with Gasteiger partial charge in [-0.3, -0.25) is 4.57 Å². The summed E-state index contributed by atoms with van der Waals surface area (Å²) in [6, 6.07) is 2.07. The van der Waals surface area contributed by atoms with E-state index in [1.54, 1.807) is 0 Å². The third-order valence-corrected chi connectivity index (χ3v) is 8.34. The molecule has 0 aromatic rings. The molecular weight excluding hydrogens is 253 g/mol. The fraction of sp³-hybridized carbons (Fsp3) is 0.917. The van der Waals surface area contributed by atoms with E-state index in [9.17, 15) is 4.57 Å². The quantitative estimate of drug-likeness (QED) is 0.522. The number of rotatable bonds is 6. The van der Waals surface area contributed by atoms with Crippen LogP contribution in [0.5, 0.6) is 0 Å². The van der Waals surface area contributed by atoms with Crippen LogP contribution < -0.4 is 0 Å². The summed E-state index contributed by atoms with van der Waals surface area (Å²) in [6.45, 7) is 9.06. The molecule has 0 bridgehead atoms. The van der Waals surface area contributed by atoms with Gasteiger partial charge in [0.25, 0.3) is 6.57 Å². The molecule has 0 aromatic carbocycles. The summed E-state index contributed by atoms with van der Waals surface area (Å²) < 4.78 is 18.7.